The van der Waals surface area contributed by atoms with Gasteiger partial charge in [0, 0.05) is 0 Å². The van der Waals surface area contributed by atoms with Crippen molar-refractivity contribution < 1.29 is 20.9 Å². The third kappa shape index (κ3) is 1.15. The second-order valence-electron chi connectivity index (χ2n) is 2.39. The zero-order chi connectivity index (χ0) is 9.14. The van der Waals surface area contributed by atoms with Crippen LogP contribution >= 0.6 is 0 Å². The Kier molecular flexibility index (Phi) is 1.63. The molecule has 2 N–H and O–H groups in total. The van der Waals surface area contributed by atoms with E-state index in [-0.39, 0.29) is 11.6 Å². The van der Waals surface area contributed by atoms with Crippen LogP contribution in [0.25, 0.3) is 0 Å². The van der Waals surface area contributed by atoms with Crippen LogP contribution < -0.4 is 6.07 Å². The Bertz CT molecular complexity index is 301. The predicted octanol–water partition coefficient (Wildman–Crippen LogP) is -0.116. The fourth-order valence-corrected chi connectivity index (χ4v) is 5.24. The molecule has 0 fully saturated rings. The van der Waals surface area contributed by atoms with Gasteiger partial charge in [-0.3, -0.25) is 0 Å². The molecule has 1 rings (SSSR count). The van der Waals surface area contributed by atoms with Gasteiger partial charge in [-0.1, -0.05) is 0 Å². The molecule has 12 heavy (non-hydrogen) atoms. The van der Waals surface area contributed by atoms with E-state index >= 15 is 0 Å². The number of carbonyl (C=O) groups is 1. The van der Waals surface area contributed by atoms with Crippen LogP contribution in [0.5, 0.6) is 0 Å². The molecule has 4 nitrogen and oxygen atoms in total. The van der Waals surface area contributed by atoms with Crippen LogP contribution in [0.4, 0.5) is 0 Å². The molecule has 0 saturated heterocycles. The molecule has 0 aliphatic heterocycles. The van der Waals surface area contributed by atoms with Crippen LogP contribution in [0.2, 0.25) is 0 Å². The van der Waals surface area contributed by atoms with Crippen LogP contribution in [0.1, 0.15) is 10.4 Å². The SMILES string of the molecule is O=C(O)c1cccc[c]1[Db](=[O])[OH]. The number of hydrogen-bond donors (Lipinski definition) is 2. The summed E-state index contributed by atoms with van der Waals surface area (Å²) in [5, 5.41) is 8.60. The van der Waals surface area contributed by atoms with Gasteiger partial charge in [0.25, 0.3) is 0 Å². The molecular weight excluding hydrogens is 416 g/mol. The van der Waals surface area contributed by atoms with Crippen LogP contribution in [0.3, 0.4) is 0 Å². The first kappa shape index (κ1) is 7.56. The van der Waals surface area contributed by atoms with Crippen molar-refractivity contribution in [2.75, 3.05) is 0 Å². The van der Waals surface area contributed by atoms with Gasteiger partial charge in [0.1, 0.15) is 0 Å². The number of aromatic carboxylic acids is 1. The molecule has 5 heteroatoms. The Morgan fingerprint density at radius 3 is 2.33 bits per heavy atom. The van der Waals surface area contributed by atoms with Gasteiger partial charge in [0.05, 0.1) is 0 Å². The maximum absolute atomic E-state index is 10.8. The molecule has 0 unspecified atom stereocenters. The van der Waals surface area contributed by atoms with E-state index in [9.17, 15) is 10.3 Å². The van der Waals surface area contributed by atoms with Crippen molar-refractivity contribution in [1.29, 1.82) is 0 Å². The van der Waals surface area contributed by atoms with Gasteiger partial charge in [0.15, 0.2) is 0 Å². The molecular formula is C7H6DbO4. The van der Waals surface area contributed by atoms with Crippen molar-refractivity contribution in [2.24, 2.45) is 0 Å². The van der Waals surface area contributed by atoms with E-state index in [1.807, 2.05) is 0 Å². The fraction of sp³-hybridized carbons (Fsp3) is 0. The fourth-order valence-electron chi connectivity index (χ4n) is 0.993. The molecule has 0 aliphatic rings. The van der Waals surface area contributed by atoms with Crippen molar-refractivity contribution in [2.45, 2.75) is 0 Å². The summed E-state index contributed by atoms with van der Waals surface area (Å²) < 4.78 is -4.14. The average molecular weight is 422 g/mol. The first-order chi connectivity index (χ1) is 5.63. The van der Waals surface area contributed by atoms with Crippen molar-refractivity contribution in [3.05, 3.63) is 29.8 Å². The van der Waals surface area contributed by atoms with Crippen molar-refractivity contribution in [3.63, 3.8) is 0 Å². The predicted molar refractivity (Wildman–Crippen MR) is 35.9 cm³/mol. The standard InChI is InChI=1S/C7H5O2.Db.H2O.O/c8-7(9)6-4-2-1-3-5-6;;;/h1-4H,(H,8,9);;1H2;/q;+1;;/p-1. The van der Waals surface area contributed by atoms with E-state index in [0.717, 1.165) is 0 Å². The molecule has 1 aromatic carbocycles. The van der Waals surface area contributed by atoms with Crippen LogP contribution in [0, 0.1) is 0 Å². The van der Waals surface area contributed by atoms with Gasteiger partial charge in [-0.2, -0.15) is 0 Å². The number of hydrogen-bond acceptors (Lipinski definition) is 2. The minimum absolute atomic E-state index is 0.0477. The summed E-state index contributed by atoms with van der Waals surface area (Å²) in [7, 11) is 0. The van der Waals surface area contributed by atoms with Crippen LogP contribution in [0.15, 0.2) is 24.3 Å². The molecule has 0 spiro atoms. The van der Waals surface area contributed by atoms with E-state index < -0.39 is 5.97 Å². The van der Waals surface area contributed by atoms with Crippen LogP contribution in [-0.4, -0.2) is 16.6 Å². The second kappa shape index (κ2) is 2.59. The first-order valence-electron chi connectivity index (χ1n) is 3.46. The molecule has 0 amide bonds. The molecule has 0 atom stereocenters. The Morgan fingerprint density at radius 2 is 1.92 bits per heavy atom. The Balaban J connectivity index is 3.27. The Labute approximate surface area is 63.7 Å². The Hall–Kier alpha value is -2.55. The average Bonchev–Trinajstić information content (AvgIpc) is 2.04. The molecule has 1 aromatic rings. The van der Waals surface area contributed by atoms with E-state index in [1.54, 1.807) is 6.07 Å². The molecule has 0 saturated carbocycles. The van der Waals surface area contributed by atoms with E-state index in [0.29, 0.717) is 0 Å². The van der Waals surface area contributed by atoms with E-state index in [2.05, 4.69) is 0 Å². The van der Waals surface area contributed by atoms with Gasteiger partial charge in [-0.05, 0) is 0 Å². The summed E-state index contributed by atoms with van der Waals surface area (Å²) in [5.74, 6) is -1.15. The second-order valence-corrected chi connectivity index (χ2v) is 9.79. The summed E-state index contributed by atoms with van der Waals surface area (Å²) >= 11 is 0. The van der Waals surface area contributed by atoms with Gasteiger partial charge in [-0.15, -0.1) is 0 Å². The van der Waals surface area contributed by atoms with Gasteiger partial charge >= 0.3 is 62.7 Å². The summed E-state index contributed by atoms with van der Waals surface area (Å²) in [5.41, 5.74) is 19.6. The van der Waals surface area contributed by atoms with Crippen molar-refractivity contribution in [3.8, 4) is 0 Å². The quantitative estimate of drug-likeness (QED) is 0.698. The summed E-state index contributed by atoms with van der Waals surface area (Å²) in [6, 6.07) is 5.96. The normalized spacial score (nSPS) is 9.42. The van der Waals surface area contributed by atoms with Crippen molar-refractivity contribution in [1.82, 2.24) is 0 Å². The van der Waals surface area contributed by atoms with Gasteiger partial charge < -0.3 is 0 Å². The minimum atomic E-state index is -4.14. The number of carboxylic acids is 1. The number of carboxylic acid groups (broad SMARTS) is 1. The molecule has 0 aromatic heterocycles. The van der Waals surface area contributed by atoms with Gasteiger partial charge in [-0.25, -0.2) is 0 Å². The molecule has 0 radical (unpaired) electrons. The topological polar surface area (TPSA) is 74.6 Å². The summed E-state index contributed by atoms with van der Waals surface area (Å²) in [6.07, 6.45) is 0. The molecule has 60 valence electrons. The van der Waals surface area contributed by atoms with Crippen molar-refractivity contribution >= 4 is 12.0 Å². The van der Waals surface area contributed by atoms with Gasteiger partial charge in [0.2, 0.25) is 0 Å². The summed E-state index contributed by atoms with van der Waals surface area (Å²) in [6.45, 7) is 0. The molecule has 0 bridgehead atoms. The maximum atomic E-state index is 10.8. The third-order valence-electron chi connectivity index (χ3n) is 1.57. The molecule has 0 heterocycles. The molecule has 0 aliphatic carbocycles. The monoisotopic (exact) mass is 422 g/mol. The zero-order valence-corrected chi connectivity index (χ0v) is 12.7. The van der Waals surface area contributed by atoms with E-state index in [1.165, 1.54) is 18.2 Å². The third-order valence-corrected chi connectivity index (χ3v) is 7.34. The zero-order valence-electron chi connectivity index (χ0n) is 6.23. The van der Waals surface area contributed by atoms with Crippen LogP contribution in [-0.2, 0) is 5.48 Å². The first-order valence-corrected chi connectivity index (χ1v) is 12.2. The van der Waals surface area contributed by atoms with E-state index in [4.69, 9.17) is 10.6 Å². The number of rotatable bonds is 2. The Morgan fingerprint density at radius 1 is 1.33 bits per heavy atom. The number of benzene rings is 1. The summed E-state index contributed by atoms with van der Waals surface area (Å²) in [4.78, 5) is 10.5.